The van der Waals surface area contributed by atoms with Crippen molar-refractivity contribution >= 4 is 5.95 Å². The lowest BCUT2D eigenvalue weighted by Gasteiger charge is -2.33. The number of anilines is 1. The van der Waals surface area contributed by atoms with Gasteiger partial charge in [0.25, 0.3) is 0 Å². The van der Waals surface area contributed by atoms with E-state index in [1.54, 1.807) is 0 Å². The molecule has 0 spiro atoms. The fourth-order valence-electron chi connectivity index (χ4n) is 4.50. The topological polar surface area (TPSA) is 52.5 Å². The summed E-state index contributed by atoms with van der Waals surface area (Å²) in [4.78, 5) is 14.0. The molecule has 0 unspecified atom stereocenters. The highest BCUT2D eigenvalue weighted by Crippen LogP contribution is 2.33. The molecule has 5 heteroatoms. The predicted octanol–water partition coefficient (Wildman–Crippen LogP) is 2.17. The van der Waals surface area contributed by atoms with Crippen LogP contribution in [0.2, 0.25) is 0 Å². The molecule has 0 bridgehead atoms. The van der Waals surface area contributed by atoms with Gasteiger partial charge in [-0.25, -0.2) is 9.97 Å². The van der Waals surface area contributed by atoms with Crippen molar-refractivity contribution in [1.82, 2.24) is 14.9 Å². The first kappa shape index (κ1) is 15.3. The van der Waals surface area contributed by atoms with Gasteiger partial charge >= 0.3 is 0 Å². The first-order valence-corrected chi connectivity index (χ1v) is 9.31. The van der Waals surface area contributed by atoms with Gasteiger partial charge in [-0.05, 0) is 44.8 Å². The van der Waals surface area contributed by atoms with E-state index in [-0.39, 0.29) is 12.1 Å². The maximum absolute atomic E-state index is 10.5. The van der Waals surface area contributed by atoms with Gasteiger partial charge in [0.15, 0.2) is 0 Å². The Bertz CT molecular complexity index is 526. The molecule has 4 rings (SSSR count). The van der Waals surface area contributed by atoms with E-state index in [4.69, 9.17) is 4.98 Å². The quantitative estimate of drug-likeness (QED) is 0.926. The van der Waals surface area contributed by atoms with E-state index < -0.39 is 0 Å². The van der Waals surface area contributed by atoms with Crippen LogP contribution in [0, 0.1) is 0 Å². The van der Waals surface area contributed by atoms with E-state index in [1.807, 2.05) is 6.20 Å². The van der Waals surface area contributed by atoms with Crippen molar-refractivity contribution in [3.8, 4) is 0 Å². The van der Waals surface area contributed by atoms with Gasteiger partial charge in [0.1, 0.15) is 0 Å². The fourth-order valence-corrected chi connectivity index (χ4v) is 4.50. The Labute approximate surface area is 138 Å². The summed E-state index contributed by atoms with van der Waals surface area (Å²) in [6, 6.07) is 2.32. The summed E-state index contributed by atoms with van der Waals surface area (Å²) in [7, 11) is 0. The number of aliphatic hydroxyl groups is 1. The number of aliphatic hydroxyl groups excluding tert-OH is 1. The zero-order valence-corrected chi connectivity index (χ0v) is 13.9. The van der Waals surface area contributed by atoms with Gasteiger partial charge in [-0.3, -0.25) is 4.90 Å². The first-order valence-electron chi connectivity index (χ1n) is 9.31. The Morgan fingerprint density at radius 3 is 2.57 bits per heavy atom. The molecule has 3 fully saturated rings. The van der Waals surface area contributed by atoms with Crippen molar-refractivity contribution < 1.29 is 5.11 Å². The Kier molecular flexibility index (Phi) is 4.49. The summed E-state index contributed by atoms with van der Waals surface area (Å²) < 4.78 is 0. The lowest BCUT2D eigenvalue weighted by Crippen LogP contribution is -2.45. The van der Waals surface area contributed by atoms with Crippen LogP contribution in [0.1, 0.15) is 56.6 Å². The van der Waals surface area contributed by atoms with Crippen molar-refractivity contribution in [3.05, 3.63) is 18.0 Å². The van der Waals surface area contributed by atoms with Gasteiger partial charge in [-0.1, -0.05) is 19.3 Å². The molecule has 1 aliphatic carbocycles. The van der Waals surface area contributed by atoms with Gasteiger partial charge in [-0.15, -0.1) is 0 Å². The second-order valence-corrected chi connectivity index (χ2v) is 7.40. The minimum atomic E-state index is -0.285. The van der Waals surface area contributed by atoms with Gasteiger partial charge in [0.05, 0.1) is 12.1 Å². The lowest BCUT2D eigenvalue weighted by atomic mass is 10.0. The van der Waals surface area contributed by atoms with E-state index in [2.05, 4.69) is 20.9 Å². The molecule has 3 heterocycles. The van der Waals surface area contributed by atoms with Gasteiger partial charge in [0, 0.05) is 30.9 Å². The average Bonchev–Trinajstić information content (AvgIpc) is 3.25. The molecule has 1 aromatic heterocycles. The maximum Gasteiger partial charge on any atom is 0.225 e. The lowest BCUT2D eigenvalue weighted by molar-refractivity contribution is 0.0706. The molecule has 5 nitrogen and oxygen atoms in total. The van der Waals surface area contributed by atoms with Gasteiger partial charge in [0.2, 0.25) is 5.95 Å². The normalized spacial score (nSPS) is 30.2. The summed E-state index contributed by atoms with van der Waals surface area (Å²) >= 11 is 0. The Hall–Kier alpha value is -1.20. The monoisotopic (exact) mass is 316 g/mol. The molecule has 2 atom stereocenters. The molecule has 2 saturated heterocycles. The minimum absolute atomic E-state index is 0.244. The molecule has 1 N–H and O–H groups in total. The number of piperidine rings is 1. The van der Waals surface area contributed by atoms with Crippen LogP contribution < -0.4 is 4.90 Å². The second-order valence-electron chi connectivity index (χ2n) is 7.40. The Balaban J connectivity index is 1.47. The largest absolute Gasteiger partial charge is 0.390 e. The van der Waals surface area contributed by atoms with E-state index in [0.29, 0.717) is 12.5 Å². The summed E-state index contributed by atoms with van der Waals surface area (Å²) in [6.45, 7) is 3.77. The highest BCUT2D eigenvalue weighted by molar-refractivity contribution is 5.34. The summed E-state index contributed by atoms with van der Waals surface area (Å²) in [5.41, 5.74) is 1.20. The van der Waals surface area contributed by atoms with Crippen molar-refractivity contribution in [2.24, 2.45) is 0 Å². The predicted molar refractivity (Wildman–Crippen MR) is 90.7 cm³/mol. The number of aromatic nitrogens is 2. The smallest absolute Gasteiger partial charge is 0.225 e. The van der Waals surface area contributed by atoms with Crippen molar-refractivity contribution in [2.45, 2.75) is 63.0 Å². The van der Waals surface area contributed by atoms with Crippen LogP contribution in [-0.4, -0.2) is 58.3 Å². The van der Waals surface area contributed by atoms with E-state index in [9.17, 15) is 5.11 Å². The molecule has 1 saturated carbocycles. The number of hydrogen-bond acceptors (Lipinski definition) is 5. The van der Waals surface area contributed by atoms with Crippen LogP contribution in [0.15, 0.2) is 12.3 Å². The zero-order valence-electron chi connectivity index (χ0n) is 13.9. The Morgan fingerprint density at radius 2 is 1.78 bits per heavy atom. The summed E-state index contributed by atoms with van der Waals surface area (Å²) in [5, 5.41) is 10.5. The molecular weight excluding hydrogens is 288 g/mol. The number of likely N-dealkylation sites (tertiary alicyclic amines) is 1. The molecule has 0 radical (unpaired) electrons. The van der Waals surface area contributed by atoms with Crippen LogP contribution >= 0.6 is 0 Å². The van der Waals surface area contributed by atoms with E-state index in [1.165, 1.54) is 50.6 Å². The Morgan fingerprint density at radius 1 is 1.00 bits per heavy atom. The van der Waals surface area contributed by atoms with Crippen LogP contribution in [0.25, 0.3) is 0 Å². The number of hydrogen-bond donors (Lipinski definition) is 1. The standard InChI is InChI=1S/C18H28N4O/c23-17-13-22(12-16(17)21-10-4-1-5-11-21)18-19-9-8-15(20-18)14-6-2-3-7-14/h8-9,14,16-17,23H,1-7,10-13H2/t16-,17-/m0/s1. The average molecular weight is 316 g/mol. The highest BCUT2D eigenvalue weighted by Gasteiger charge is 2.37. The first-order chi connectivity index (χ1) is 11.3. The van der Waals surface area contributed by atoms with Crippen molar-refractivity contribution in [2.75, 3.05) is 31.1 Å². The number of rotatable bonds is 3. The van der Waals surface area contributed by atoms with E-state index in [0.717, 1.165) is 25.6 Å². The van der Waals surface area contributed by atoms with Crippen LogP contribution in [0.5, 0.6) is 0 Å². The minimum Gasteiger partial charge on any atom is -0.390 e. The fraction of sp³-hybridized carbons (Fsp3) is 0.778. The molecule has 2 aliphatic heterocycles. The van der Waals surface area contributed by atoms with Crippen LogP contribution in [0.4, 0.5) is 5.95 Å². The molecule has 23 heavy (non-hydrogen) atoms. The molecule has 3 aliphatic rings. The third-order valence-corrected chi connectivity index (χ3v) is 5.84. The second kappa shape index (κ2) is 6.73. The van der Waals surface area contributed by atoms with Crippen molar-refractivity contribution in [3.63, 3.8) is 0 Å². The van der Waals surface area contributed by atoms with E-state index >= 15 is 0 Å². The molecule has 1 aromatic rings. The maximum atomic E-state index is 10.5. The van der Waals surface area contributed by atoms with Crippen LogP contribution in [-0.2, 0) is 0 Å². The molecule has 126 valence electrons. The van der Waals surface area contributed by atoms with Gasteiger partial charge in [-0.2, -0.15) is 0 Å². The number of β-amino-alcohol motifs (C(OH)–C–C–N with tert-alkyl or cyclic N) is 1. The third kappa shape index (κ3) is 3.22. The SMILES string of the molecule is O[C@H]1CN(c2nccc(C3CCCC3)n2)C[C@@H]1N1CCCCC1. The van der Waals surface area contributed by atoms with Crippen LogP contribution in [0.3, 0.4) is 0 Å². The molecule has 0 amide bonds. The molecule has 0 aromatic carbocycles. The highest BCUT2D eigenvalue weighted by atomic mass is 16.3. The molecular formula is C18H28N4O. The van der Waals surface area contributed by atoms with Gasteiger partial charge < -0.3 is 10.0 Å². The van der Waals surface area contributed by atoms with Crippen molar-refractivity contribution in [1.29, 1.82) is 0 Å². The number of nitrogens with zero attached hydrogens (tertiary/aromatic N) is 4. The summed E-state index contributed by atoms with van der Waals surface area (Å²) in [5.74, 6) is 1.43. The third-order valence-electron chi connectivity index (χ3n) is 5.84. The zero-order chi connectivity index (χ0) is 15.6. The summed E-state index contributed by atoms with van der Waals surface area (Å²) in [6.07, 6.45) is 10.6.